The molecule has 1 aromatic rings. The van der Waals surface area contributed by atoms with E-state index in [0.717, 1.165) is 24.2 Å². The number of carbonyl (C=O) groups excluding carboxylic acids is 1. The molecule has 1 amide bonds. The summed E-state index contributed by atoms with van der Waals surface area (Å²) in [6, 6.07) is 7.21. The van der Waals surface area contributed by atoms with Gasteiger partial charge in [-0.05, 0) is 24.1 Å². The van der Waals surface area contributed by atoms with Gasteiger partial charge in [0.1, 0.15) is 5.75 Å². The second kappa shape index (κ2) is 7.74. The maximum atomic E-state index is 11.9. The molecule has 0 fully saturated rings. The van der Waals surface area contributed by atoms with E-state index >= 15 is 0 Å². The van der Waals surface area contributed by atoms with E-state index in [2.05, 4.69) is 5.32 Å². The molecular weight excluding hydrogens is 260 g/mol. The fourth-order valence-electron chi connectivity index (χ4n) is 1.79. The van der Waals surface area contributed by atoms with E-state index in [1.54, 1.807) is 7.11 Å². The van der Waals surface area contributed by atoms with Gasteiger partial charge >= 0.3 is 0 Å². The van der Waals surface area contributed by atoms with Crippen LogP contribution in [0.5, 0.6) is 5.75 Å². The van der Waals surface area contributed by atoms with Crippen molar-refractivity contribution < 1.29 is 9.53 Å². The lowest BCUT2D eigenvalue weighted by Gasteiger charge is -2.16. The maximum Gasteiger partial charge on any atom is 0.224 e. The molecule has 1 atom stereocenters. The number of hydrogen-bond donors (Lipinski definition) is 2. The molecule has 0 aliphatic rings. The zero-order chi connectivity index (χ0) is 14.3. The van der Waals surface area contributed by atoms with Crippen molar-refractivity contribution in [1.82, 2.24) is 5.32 Å². The average Bonchev–Trinajstić information content (AvgIpc) is 2.38. The summed E-state index contributed by atoms with van der Waals surface area (Å²) in [4.78, 5) is 12.3. The molecule has 104 valence electrons. The second-order valence-corrected chi connectivity index (χ2v) is 4.81. The third-order valence-corrected chi connectivity index (χ3v) is 3.04. The molecule has 5 heteroatoms. The van der Waals surface area contributed by atoms with Crippen molar-refractivity contribution in [3.63, 3.8) is 0 Å². The van der Waals surface area contributed by atoms with Gasteiger partial charge in [-0.25, -0.2) is 0 Å². The highest BCUT2D eigenvalue weighted by atomic mass is 32.1. The lowest BCUT2D eigenvalue weighted by atomic mass is 10.1. The Kier molecular flexibility index (Phi) is 6.29. The van der Waals surface area contributed by atoms with Gasteiger partial charge in [0.25, 0.3) is 0 Å². The lowest BCUT2D eigenvalue weighted by Crippen LogP contribution is -2.43. The highest BCUT2D eigenvalue weighted by Gasteiger charge is 2.14. The predicted octanol–water partition coefficient (Wildman–Crippen LogP) is 1.81. The summed E-state index contributed by atoms with van der Waals surface area (Å²) in [5.41, 5.74) is 6.50. The van der Waals surface area contributed by atoms with Crippen molar-refractivity contribution >= 4 is 23.1 Å². The lowest BCUT2D eigenvalue weighted by molar-refractivity contribution is -0.120. The number of nitrogens with one attached hydrogen (secondary N) is 1. The SMILES string of the molecule is CCCC(NC(=O)Cc1cccc(OC)c1)C(N)=S. The summed E-state index contributed by atoms with van der Waals surface area (Å²) in [6.45, 7) is 2.03. The Morgan fingerprint density at radius 2 is 2.26 bits per heavy atom. The number of methoxy groups -OCH3 is 1. The first kappa shape index (κ1) is 15.4. The van der Waals surface area contributed by atoms with Gasteiger partial charge in [-0.3, -0.25) is 4.79 Å². The van der Waals surface area contributed by atoms with Gasteiger partial charge in [0.15, 0.2) is 0 Å². The Morgan fingerprint density at radius 3 is 2.84 bits per heavy atom. The van der Waals surface area contributed by atoms with Crippen molar-refractivity contribution in [2.45, 2.75) is 32.2 Å². The zero-order valence-electron chi connectivity index (χ0n) is 11.3. The monoisotopic (exact) mass is 280 g/mol. The van der Waals surface area contributed by atoms with Crippen molar-refractivity contribution in [3.05, 3.63) is 29.8 Å². The number of rotatable bonds is 7. The number of hydrogen-bond acceptors (Lipinski definition) is 3. The van der Waals surface area contributed by atoms with E-state index in [9.17, 15) is 4.79 Å². The highest BCUT2D eigenvalue weighted by molar-refractivity contribution is 7.80. The molecule has 1 aromatic carbocycles. The van der Waals surface area contributed by atoms with E-state index in [4.69, 9.17) is 22.7 Å². The van der Waals surface area contributed by atoms with Crippen molar-refractivity contribution in [3.8, 4) is 5.75 Å². The first-order chi connectivity index (χ1) is 9.06. The zero-order valence-corrected chi connectivity index (χ0v) is 12.1. The van der Waals surface area contributed by atoms with Crippen molar-refractivity contribution in [1.29, 1.82) is 0 Å². The molecule has 0 aliphatic carbocycles. The number of ether oxygens (including phenoxy) is 1. The van der Waals surface area contributed by atoms with Crippen LogP contribution in [0.4, 0.5) is 0 Å². The molecule has 4 nitrogen and oxygen atoms in total. The highest BCUT2D eigenvalue weighted by Crippen LogP contribution is 2.13. The first-order valence-electron chi connectivity index (χ1n) is 6.28. The smallest absolute Gasteiger partial charge is 0.224 e. The van der Waals surface area contributed by atoms with Crippen LogP contribution in [-0.4, -0.2) is 24.0 Å². The fourth-order valence-corrected chi connectivity index (χ4v) is 1.96. The van der Waals surface area contributed by atoms with Crippen LogP contribution in [0.2, 0.25) is 0 Å². The van der Waals surface area contributed by atoms with E-state index in [1.807, 2.05) is 31.2 Å². The van der Waals surface area contributed by atoms with Gasteiger partial charge < -0.3 is 15.8 Å². The maximum absolute atomic E-state index is 11.9. The van der Waals surface area contributed by atoms with E-state index in [-0.39, 0.29) is 11.9 Å². The summed E-state index contributed by atoms with van der Waals surface area (Å²) in [7, 11) is 1.60. The molecule has 19 heavy (non-hydrogen) atoms. The van der Waals surface area contributed by atoms with E-state index in [1.165, 1.54) is 0 Å². The van der Waals surface area contributed by atoms with Gasteiger partial charge in [-0.1, -0.05) is 37.7 Å². The molecule has 0 spiro atoms. The standard InChI is InChI=1S/C14H20N2O2S/c1-3-5-12(14(15)19)16-13(17)9-10-6-4-7-11(8-10)18-2/h4,6-8,12H,3,5,9H2,1-2H3,(H2,15,19)(H,16,17). The largest absolute Gasteiger partial charge is 0.497 e. The van der Waals surface area contributed by atoms with E-state index in [0.29, 0.717) is 11.4 Å². The molecule has 0 saturated heterocycles. The Morgan fingerprint density at radius 1 is 1.53 bits per heavy atom. The molecule has 0 heterocycles. The van der Waals surface area contributed by atoms with Gasteiger partial charge in [-0.2, -0.15) is 0 Å². The van der Waals surface area contributed by atoms with Gasteiger partial charge in [-0.15, -0.1) is 0 Å². The van der Waals surface area contributed by atoms with Crippen molar-refractivity contribution in [2.24, 2.45) is 5.73 Å². The third-order valence-electron chi connectivity index (χ3n) is 2.75. The number of nitrogens with two attached hydrogens (primary N) is 1. The third kappa shape index (κ3) is 5.26. The molecule has 0 radical (unpaired) electrons. The molecule has 1 unspecified atom stereocenters. The Balaban J connectivity index is 2.60. The minimum atomic E-state index is -0.224. The molecule has 3 N–H and O–H groups in total. The van der Waals surface area contributed by atoms with Crippen LogP contribution in [-0.2, 0) is 11.2 Å². The quantitative estimate of drug-likeness (QED) is 0.748. The molecular formula is C14H20N2O2S. The van der Waals surface area contributed by atoms with Gasteiger partial charge in [0.05, 0.1) is 24.6 Å². The van der Waals surface area contributed by atoms with Gasteiger partial charge in [0.2, 0.25) is 5.91 Å². The fraction of sp³-hybridized carbons (Fsp3) is 0.429. The second-order valence-electron chi connectivity index (χ2n) is 4.34. The summed E-state index contributed by atoms with van der Waals surface area (Å²) in [5.74, 6) is 0.657. The average molecular weight is 280 g/mol. The van der Waals surface area contributed by atoms with Crippen LogP contribution in [0, 0.1) is 0 Å². The Hall–Kier alpha value is -1.62. The minimum Gasteiger partial charge on any atom is -0.497 e. The first-order valence-corrected chi connectivity index (χ1v) is 6.69. The summed E-state index contributed by atoms with van der Waals surface area (Å²) < 4.78 is 5.12. The molecule has 0 aromatic heterocycles. The van der Waals surface area contributed by atoms with Crippen LogP contribution in [0.15, 0.2) is 24.3 Å². The number of carbonyl (C=O) groups is 1. The van der Waals surface area contributed by atoms with Crippen molar-refractivity contribution in [2.75, 3.05) is 7.11 Å². The van der Waals surface area contributed by atoms with Crippen LogP contribution < -0.4 is 15.8 Å². The number of amides is 1. The molecule has 0 aliphatic heterocycles. The summed E-state index contributed by atoms with van der Waals surface area (Å²) in [6.07, 6.45) is 1.97. The molecule has 0 saturated carbocycles. The molecule has 1 rings (SSSR count). The van der Waals surface area contributed by atoms with Crippen LogP contribution in [0.1, 0.15) is 25.3 Å². The normalized spacial score (nSPS) is 11.7. The minimum absolute atomic E-state index is 0.0838. The van der Waals surface area contributed by atoms with Crippen LogP contribution in [0.25, 0.3) is 0 Å². The number of benzene rings is 1. The Bertz CT molecular complexity index is 449. The molecule has 0 bridgehead atoms. The van der Waals surface area contributed by atoms with Crippen LogP contribution >= 0.6 is 12.2 Å². The predicted molar refractivity (Wildman–Crippen MR) is 80.3 cm³/mol. The summed E-state index contributed by atoms with van der Waals surface area (Å²) in [5, 5.41) is 2.86. The van der Waals surface area contributed by atoms with Gasteiger partial charge in [0, 0.05) is 0 Å². The van der Waals surface area contributed by atoms with E-state index < -0.39 is 0 Å². The Labute approximate surface area is 119 Å². The number of thiocarbonyl (C=S) groups is 1. The summed E-state index contributed by atoms with van der Waals surface area (Å²) >= 11 is 4.95. The van der Waals surface area contributed by atoms with Crippen LogP contribution in [0.3, 0.4) is 0 Å². The topological polar surface area (TPSA) is 64.3 Å².